The van der Waals surface area contributed by atoms with Gasteiger partial charge in [0.2, 0.25) is 5.88 Å². The lowest BCUT2D eigenvalue weighted by atomic mass is 10.0. The number of rotatable bonds is 4. The van der Waals surface area contributed by atoms with Gasteiger partial charge in [-0.25, -0.2) is 9.37 Å². The highest BCUT2D eigenvalue weighted by Crippen LogP contribution is 2.36. The molecule has 2 heterocycles. The molecule has 1 aromatic heterocycles. The molecule has 0 saturated heterocycles. The van der Waals surface area contributed by atoms with E-state index in [0.717, 1.165) is 11.8 Å². The molecule has 12 heteroatoms. The van der Waals surface area contributed by atoms with Crippen LogP contribution in [-0.2, 0) is 23.1 Å². The highest BCUT2D eigenvalue weighted by atomic mass is 32.2. The summed E-state index contributed by atoms with van der Waals surface area (Å²) in [5, 5.41) is 1.19. The van der Waals surface area contributed by atoms with E-state index < -0.39 is 27.3 Å². The summed E-state index contributed by atoms with van der Waals surface area (Å²) in [6, 6.07) is 10.0. The SMILES string of the molecule is CSc1nc2c(c(OS(=O)(=O)C(F)(F)F)n1)CCN(c1cccc3cccc(F)c13)C2. The quantitative estimate of drug-likeness (QED) is 0.184. The highest BCUT2D eigenvalue weighted by molar-refractivity contribution is 7.98. The molecule has 4 rings (SSSR count). The maximum absolute atomic E-state index is 14.5. The minimum Gasteiger partial charge on any atom is -0.365 e. The van der Waals surface area contributed by atoms with Crippen LogP contribution in [0.15, 0.2) is 41.6 Å². The molecular formula is C19H15F4N3O3S2. The summed E-state index contributed by atoms with van der Waals surface area (Å²) in [5.74, 6) is -1.03. The summed E-state index contributed by atoms with van der Waals surface area (Å²) >= 11 is 1.03. The van der Waals surface area contributed by atoms with Gasteiger partial charge in [0.25, 0.3) is 0 Å². The van der Waals surface area contributed by atoms with E-state index in [1.807, 2.05) is 4.90 Å². The van der Waals surface area contributed by atoms with Crippen LogP contribution < -0.4 is 9.08 Å². The van der Waals surface area contributed by atoms with E-state index in [4.69, 9.17) is 0 Å². The van der Waals surface area contributed by atoms with Gasteiger partial charge in [-0.15, -0.1) is 0 Å². The lowest BCUT2D eigenvalue weighted by molar-refractivity contribution is -0.0501. The average molecular weight is 473 g/mol. The number of nitrogens with zero attached hydrogens (tertiary/aromatic N) is 3. The number of halogens is 4. The van der Waals surface area contributed by atoms with Crippen molar-refractivity contribution in [3.8, 4) is 5.88 Å². The fourth-order valence-corrected chi connectivity index (χ4v) is 4.25. The zero-order chi connectivity index (χ0) is 22.4. The Labute approximate surface area is 179 Å². The lowest BCUT2D eigenvalue weighted by Gasteiger charge is -2.31. The number of anilines is 1. The number of aromatic nitrogens is 2. The molecular weight excluding hydrogens is 458 g/mol. The van der Waals surface area contributed by atoms with Crippen molar-refractivity contribution in [2.75, 3.05) is 17.7 Å². The van der Waals surface area contributed by atoms with Crippen LogP contribution in [0, 0.1) is 5.82 Å². The van der Waals surface area contributed by atoms with E-state index in [2.05, 4.69) is 14.2 Å². The Kier molecular flexibility index (Phi) is 5.46. The number of thioether (sulfide) groups is 1. The molecule has 3 aromatic rings. The topological polar surface area (TPSA) is 72.4 Å². The minimum absolute atomic E-state index is 0.0667. The van der Waals surface area contributed by atoms with Crippen LogP contribution in [0.2, 0.25) is 0 Å². The Morgan fingerprint density at radius 2 is 1.84 bits per heavy atom. The van der Waals surface area contributed by atoms with Crippen molar-refractivity contribution >= 4 is 38.3 Å². The Morgan fingerprint density at radius 1 is 1.13 bits per heavy atom. The number of alkyl halides is 3. The second-order valence-electron chi connectivity index (χ2n) is 6.71. The fraction of sp³-hybridized carbons (Fsp3) is 0.263. The Balaban J connectivity index is 1.76. The van der Waals surface area contributed by atoms with E-state index in [0.29, 0.717) is 22.2 Å². The summed E-state index contributed by atoms with van der Waals surface area (Å²) in [4.78, 5) is 10.0. The van der Waals surface area contributed by atoms with Crippen LogP contribution in [0.25, 0.3) is 10.8 Å². The maximum Gasteiger partial charge on any atom is 0.534 e. The number of fused-ring (bicyclic) bond motifs is 2. The number of benzene rings is 2. The third kappa shape index (κ3) is 4.01. The third-order valence-electron chi connectivity index (χ3n) is 4.83. The molecule has 1 aliphatic heterocycles. The predicted octanol–water partition coefficient (Wildman–Crippen LogP) is 4.28. The maximum atomic E-state index is 14.5. The number of hydrogen-bond acceptors (Lipinski definition) is 7. The van der Waals surface area contributed by atoms with Gasteiger partial charge in [-0.3, -0.25) is 0 Å². The van der Waals surface area contributed by atoms with Gasteiger partial charge in [0.15, 0.2) is 5.16 Å². The van der Waals surface area contributed by atoms with Crippen LogP contribution in [0.4, 0.5) is 23.2 Å². The average Bonchev–Trinajstić information content (AvgIpc) is 2.72. The second-order valence-corrected chi connectivity index (χ2v) is 9.02. The standard InChI is InChI=1S/C19H15F4N3O3S2/c1-30-18-24-14-10-26(15-7-3-5-11-4-2-6-13(20)16(11)15)9-8-12(14)17(25-18)29-31(27,28)19(21,22)23/h2-7H,8-10H2,1H3. The van der Waals surface area contributed by atoms with E-state index in [-0.39, 0.29) is 30.2 Å². The molecule has 0 fully saturated rings. The van der Waals surface area contributed by atoms with Crippen molar-refractivity contribution in [2.45, 2.75) is 23.6 Å². The molecule has 0 bridgehead atoms. The lowest BCUT2D eigenvalue weighted by Crippen LogP contribution is -2.33. The first kappa shape index (κ1) is 21.6. The van der Waals surface area contributed by atoms with E-state index in [1.165, 1.54) is 6.07 Å². The van der Waals surface area contributed by atoms with Gasteiger partial charge in [-0.2, -0.15) is 26.6 Å². The molecule has 0 unspecified atom stereocenters. The van der Waals surface area contributed by atoms with Gasteiger partial charge >= 0.3 is 15.6 Å². The van der Waals surface area contributed by atoms with Crippen molar-refractivity contribution in [1.82, 2.24) is 9.97 Å². The Bertz CT molecular complexity index is 1260. The minimum atomic E-state index is -5.87. The molecule has 0 saturated carbocycles. The summed E-state index contributed by atoms with van der Waals surface area (Å²) in [7, 11) is -5.87. The van der Waals surface area contributed by atoms with E-state index >= 15 is 0 Å². The van der Waals surface area contributed by atoms with E-state index in [1.54, 1.807) is 36.6 Å². The van der Waals surface area contributed by atoms with Crippen molar-refractivity contribution in [2.24, 2.45) is 0 Å². The van der Waals surface area contributed by atoms with Crippen molar-refractivity contribution in [1.29, 1.82) is 0 Å². The van der Waals surface area contributed by atoms with Gasteiger partial charge in [0, 0.05) is 23.2 Å². The summed E-state index contributed by atoms with van der Waals surface area (Å²) in [6.07, 6.45) is 1.72. The molecule has 0 N–H and O–H groups in total. The van der Waals surface area contributed by atoms with Crippen LogP contribution >= 0.6 is 11.8 Å². The Hall–Kier alpha value is -2.60. The first-order chi connectivity index (χ1) is 14.6. The molecule has 31 heavy (non-hydrogen) atoms. The van der Waals surface area contributed by atoms with E-state index in [9.17, 15) is 26.0 Å². The van der Waals surface area contributed by atoms with Crippen molar-refractivity contribution < 1.29 is 30.2 Å². The first-order valence-electron chi connectivity index (χ1n) is 8.97. The van der Waals surface area contributed by atoms with Crippen LogP contribution in [0.5, 0.6) is 5.88 Å². The molecule has 1 aliphatic rings. The summed E-state index contributed by atoms with van der Waals surface area (Å²) in [5.41, 5.74) is -4.46. The molecule has 164 valence electrons. The molecule has 2 aromatic carbocycles. The molecule has 0 amide bonds. The fourth-order valence-electron chi connectivity index (χ4n) is 3.43. The first-order valence-corrected chi connectivity index (χ1v) is 11.6. The summed E-state index contributed by atoms with van der Waals surface area (Å²) < 4.78 is 80.3. The molecule has 0 atom stereocenters. The van der Waals surface area contributed by atoms with Crippen LogP contribution in [-0.4, -0.2) is 36.7 Å². The largest absolute Gasteiger partial charge is 0.534 e. The van der Waals surface area contributed by atoms with Crippen molar-refractivity contribution in [3.05, 3.63) is 53.5 Å². The monoisotopic (exact) mass is 473 g/mol. The smallest absolute Gasteiger partial charge is 0.365 e. The van der Waals surface area contributed by atoms with Gasteiger partial charge in [-0.05, 0) is 30.2 Å². The number of hydrogen-bond donors (Lipinski definition) is 0. The molecule has 0 aliphatic carbocycles. The van der Waals surface area contributed by atoms with Gasteiger partial charge in [0.1, 0.15) is 5.82 Å². The zero-order valence-electron chi connectivity index (χ0n) is 16.0. The normalized spacial score (nSPS) is 14.5. The van der Waals surface area contributed by atoms with Gasteiger partial charge in [-0.1, -0.05) is 36.0 Å². The molecule has 0 spiro atoms. The summed E-state index contributed by atoms with van der Waals surface area (Å²) in [6.45, 7) is 0.409. The van der Waals surface area contributed by atoms with Crippen LogP contribution in [0.1, 0.15) is 11.3 Å². The van der Waals surface area contributed by atoms with Gasteiger partial charge < -0.3 is 9.08 Å². The zero-order valence-corrected chi connectivity index (χ0v) is 17.6. The molecule has 0 radical (unpaired) electrons. The van der Waals surface area contributed by atoms with Gasteiger partial charge in [0.05, 0.1) is 12.2 Å². The van der Waals surface area contributed by atoms with Crippen LogP contribution in [0.3, 0.4) is 0 Å². The highest BCUT2D eigenvalue weighted by Gasteiger charge is 2.49. The third-order valence-corrected chi connectivity index (χ3v) is 6.33. The predicted molar refractivity (Wildman–Crippen MR) is 108 cm³/mol. The second kappa shape index (κ2) is 7.83. The van der Waals surface area contributed by atoms with Crippen molar-refractivity contribution in [3.63, 3.8) is 0 Å². The Morgan fingerprint density at radius 3 is 2.52 bits per heavy atom. The molecule has 6 nitrogen and oxygen atoms in total.